The van der Waals surface area contributed by atoms with Gasteiger partial charge in [-0.2, -0.15) is 0 Å². The van der Waals surface area contributed by atoms with Crippen LogP contribution in [0.4, 0.5) is 5.82 Å². The minimum atomic E-state index is -0.134. The maximum Gasteiger partial charge on any atom is 0.136 e. The molecule has 0 aliphatic heterocycles. The first-order valence-corrected chi connectivity index (χ1v) is 6.61. The van der Waals surface area contributed by atoms with E-state index >= 15 is 0 Å². The highest BCUT2D eigenvalue weighted by atomic mass is 16.5. The highest BCUT2D eigenvalue weighted by Gasteiger charge is 2.19. The lowest BCUT2D eigenvalue weighted by Crippen LogP contribution is -2.17. The maximum absolute atomic E-state index is 5.92. The van der Waals surface area contributed by atoms with Gasteiger partial charge < -0.3 is 10.5 Å². The number of anilines is 1. The zero-order chi connectivity index (χ0) is 14.9. The van der Waals surface area contributed by atoms with Crippen molar-refractivity contribution in [2.24, 2.45) is 0 Å². The smallest absolute Gasteiger partial charge is 0.136 e. The summed E-state index contributed by atoms with van der Waals surface area (Å²) in [7, 11) is 1.66. The van der Waals surface area contributed by atoms with Crippen LogP contribution in [0.3, 0.4) is 0 Å². The van der Waals surface area contributed by atoms with Crippen LogP contribution in [0.2, 0.25) is 0 Å². The number of hydrogen-bond acceptors (Lipinski definition) is 4. The van der Waals surface area contributed by atoms with E-state index in [0.29, 0.717) is 5.82 Å². The molecule has 1 heterocycles. The lowest BCUT2D eigenvalue weighted by molar-refractivity contribution is 0.414. The second kappa shape index (κ2) is 5.12. The number of nitrogens with two attached hydrogens (primary N) is 1. The predicted octanol–water partition coefficient (Wildman–Crippen LogP) is 3.34. The zero-order valence-electron chi connectivity index (χ0n) is 12.7. The average Bonchev–Trinajstić information content (AvgIpc) is 2.36. The van der Waals surface area contributed by atoms with Gasteiger partial charge in [-0.05, 0) is 30.7 Å². The van der Waals surface area contributed by atoms with Crippen molar-refractivity contribution >= 4 is 5.82 Å². The Morgan fingerprint density at radius 1 is 1.10 bits per heavy atom. The van der Waals surface area contributed by atoms with Crippen molar-refractivity contribution in [2.75, 3.05) is 12.8 Å². The molecule has 0 fully saturated rings. The topological polar surface area (TPSA) is 61.0 Å². The Hall–Kier alpha value is -2.10. The number of aromatic nitrogens is 2. The van der Waals surface area contributed by atoms with E-state index in [1.54, 1.807) is 7.11 Å². The van der Waals surface area contributed by atoms with Gasteiger partial charge in [-0.15, -0.1) is 0 Å². The van der Waals surface area contributed by atoms with Crippen LogP contribution >= 0.6 is 0 Å². The molecule has 0 aliphatic carbocycles. The molecule has 4 nitrogen and oxygen atoms in total. The third kappa shape index (κ3) is 2.90. The largest absolute Gasteiger partial charge is 0.497 e. The second-order valence-electron chi connectivity index (χ2n) is 5.93. The molecule has 0 spiro atoms. The minimum absolute atomic E-state index is 0.134. The van der Waals surface area contributed by atoms with Gasteiger partial charge in [-0.1, -0.05) is 20.8 Å². The number of methoxy groups -OCH3 is 1. The fourth-order valence-corrected chi connectivity index (χ4v) is 1.99. The van der Waals surface area contributed by atoms with E-state index in [1.165, 1.54) is 0 Å². The molecule has 2 rings (SSSR count). The molecule has 2 aromatic rings. The van der Waals surface area contributed by atoms with Crippen LogP contribution in [0.25, 0.3) is 11.3 Å². The van der Waals surface area contributed by atoms with Crippen LogP contribution in [0.15, 0.2) is 24.3 Å². The minimum Gasteiger partial charge on any atom is -0.497 e. The average molecular weight is 271 g/mol. The van der Waals surface area contributed by atoms with Gasteiger partial charge in [-0.3, -0.25) is 0 Å². The van der Waals surface area contributed by atoms with Gasteiger partial charge in [0.05, 0.1) is 12.8 Å². The third-order valence-electron chi connectivity index (χ3n) is 3.13. The number of benzene rings is 1. The molecule has 0 atom stereocenters. The van der Waals surface area contributed by atoms with Crippen LogP contribution in [0.1, 0.15) is 32.2 Å². The summed E-state index contributed by atoms with van der Waals surface area (Å²) in [4.78, 5) is 9.00. The zero-order valence-corrected chi connectivity index (χ0v) is 12.7. The van der Waals surface area contributed by atoms with Gasteiger partial charge in [0.2, 0.25) is 0 Å². The lowest BCUT2D eigenvalue weighted by atomic mass is 9.95. The maximum atomic E-state index is 5.92. The SMILES string of the molecule is COc1ccc(-c2cc(N)nc(C(C)(C)C)n2)c(C)c1. The van der Waals surface area contributed by atoms with Crippen LogP contribution in [0.5, 0.6) is 5.75 Å². The Kier molecular flexibility index (Phi) is 3.66. The highest BCUT2D eigenvalue weighted by Crippen LogP contribution is 2.28. The van der Waals surface area contributed by atoms with Crippen molar-refractivity contribution in [2.45, 2.75) is 33.1 Å². The van der Waals surface area contributed by atoms with Gasteiger partial charge in [0.15, 0.2) is 0 Å². The number of hydrogen-bond donors (Lipinski definition) is 1. The molecule has 0 saturated heterocycles. The first-order valence-electron chi connectivity index (χ1n) is 6.61. The Labute approximate surface area is 120 Å². The Bertz CT molecular complexity index is 630. The molecular formula is C16H21N3O. The van der Waals surface area contributed by atoms with Crippen molar-refractivity contribution in [3.05, 3.63) is 35.7 Å². The van der Waals surface area contributed by atoms with E-state index < -0.39 is 0 Å². The number of aryl methyl sites for hydroxylation is 1. The summed E-state index contributed by atoms with van der Waals surface area (Å²) in [5, 5.41) is 0. The van der Waals surface area contributed by atoms with Crippen LogP contribution in [-0.4, -0.2) is 17.1 Å². The molecular weight excluding hydrogens is 250 g/mol. The second-order valence-corrected chi connectivity index (χ2v) is 5.93. The number of nitrogen functional groups attached to an aromatic ring is 1. The molecule has 1 aromatic heterocycles. The van der Waals surface area contributed by atoms with E-state index in [9.17, 15) is 0 Å². The van der Waals surface area contributed by atoms with Crippen molar-refractivity contribution in [1.82, 2.24) is 9.97 Å². The summed E-state index contributed by atoms with van der Waals surface area (Å²) in [6.07, 6.45) is 0. The van der Waals surface area contributed by atoms with Crippen molar-refractivity contribution < 1.29 is 4.74 Å². The molecule has 0 saturated carbocycles. The number of ether oxygens (including phenoxy) is 1. The fourth-order valence-electron chi connectivity index (χ4n) is 1.99. The van der Waals surface area contributed by atoms with E-state index in [4.69, 9.17) is 10.5 Å². The highest BCUT2D eigenvalue weighted by molar-refractivity contribution is 5.66. The molecule has 4 heteroatoms. The monoisotopic (exact) mass is 271 g/mol. The van der Waals surface area contributed by atoms with E-state index in [1.807, 2.05) is 31.2 Å². The first kappa shape index (κ1) is 14.3. The Balaban J connectivity index is 2.55. The van der Waals surface area contributed by atoms with Gasteiger partial charge in [0, 0.05) is 17.0 Å². The van der Waals surface area contributed by atoms with Gasteiger partial charge >= 0.3 is 0 Å². The molecule has 1 aromatic carbocycles. The van der Waals surface area contributed by atoms with Crippen molar-refractivity contribution in [3.8, 4) is 17.0 Å². The molecule has 106 valence electrons. The molecule has 0 amide bonds. The van der Waals surface area contributed by atoms with Gasteiger partial charge in [0.25, 0.3) is 0 Å². The molecule has 0 unspecified atom stereocenters. The summed E-state index contributed by atoms with van der Waals surface area (Å²) in [6.45, 7) is 8.26. The number of nitrogens with zero attached hydrogens (tertiary/aromatic N) is 2. The van der Waals surface area contributed by atoms with Gasteiger partial charge in [-0.25, -0.2) is 9.97 Å². The molecule has 20 heavy (non-hydrogen) atoms. The normalized spacial score (nSPS) is 11.4. The number of rotatable bonds is 2. The van der Waals surface area contributed by atoms with E-state index in [0.717, 1.165) is 28.4 Å². The molecule has 0 radical (unpaired) electrons. The lowest BCUT2D eigenvalue weighted by Gasteiger charge is -2.18. The summed E-state index contributed by atoms with van der Waals surface area (Å²) in [6, 6.07) is 7.73. The predicted molar refractivity (Wildman–Crippen MR) is 81.9 cm³/mol. The quantitative estimate of drug-likeness (QED) is 0.910. The van der Waals surface area contributed by atoms with Crippen LogP contribution < -0.4 is 10.5 Å². The summed E-state index contributed by atoms with van der Waals surface area (Å²) in [5.74, 6) is 2.09. The summed E-state index contributed by atoms with van der Waals surface area (Å²) in [5.41, 5.74) is 8.79. The summed E-state index contributed by atoms with van der Waals surface area (Å²) >= 11 is 0. The van der Waals surface area contributed by atoms with Crippen LogP contribution in [-0.2, 0) is 5.41 Å². The third-order valence-corrected chi connectivity index (χ3v) is 3.13. The molecule has 0 bridgehead atoms. The van der Waals surface area contributed by atoms with Crippen molar-refractivity contribution in [3.63, 3.8) is 0 Å². The van der Waals surface area contributed by atoms with Crippen LogP contribution in [0, 0.1) is 6.92 Å². The first-order chi connectivity index (χ1) is 9.31. The Morgan fingerprint density at radius 3 is 2.35 bits per heavy atom. The molecule has 2 N–H and O–H groups in total. The van der Waals surface area contributed by atoms with Gasteiger partial charge in [0.1, 0.15) is 17.4 Å². The summed E-state index contributed by atoms with van der Waals surface area (Å²) < 4.78 is 5.23. The van der Waals surface area contributed by atoms with Crippen molar-refractivity contribution in [1.29, 1.82) is 0 Å². The standard InChI is InChI=1S/C16H21N3O/c1-10-8-11(20-5)6-7-12(10)13-9-14(17)19-15(18-13)16(2,3)4/h6-9H,1-5H3,(H2,17,18,19). The van der Waals surface area contributed by atoms with E-state index in [2.05, 4.69) is 30.7 Å². The van der Waals surface area contributed by atoms with E-state index in [-0.39, 0.29) is 5.41 Å². The fraction of sp³-hybridized carbons (Fsp3) is 0.375. The Morgan fingerprint density at radius 2 is 1.80 bits per heavy atom. The molecule has 0 aliphatic rings.